The molecular formula is C19H22N2. The fraction of sp³-hybridized carbons (Fsp3) is 0.316. The van der Waals surface area contributed by atoms with Gasteiger partial charge in [-0.15, -0.1) is 0 Å². The quantitative estimate of drug-likeness (QED) is 0.652. The van der Waals surface area contributed by atoms with Crippen LogP contribution in [0.4, 0.5) is 0 Å². The third kappa shape index (κ3) is 2.71. The van der Waals surface area contributed by atoms with Crippen LogP contribution in [0.25, 0.3) is 22.4 Å². The van der Waals surface area contributed by atoms with Crippen LogP contribution < -0.4 is 0 Å². The summed E-state index contributed by atoms with van der Waals surface area (Å²) in [7, 11) is 0. The highest BCUT2D eigenvalue weighted by molar-refractivity contribution is 5.80. The van der Waals surface area contributed by atoms with Crippen molar-refractivity contribution in [1.29, 1.82) is 0 Å². The summed E-state index contributed by atoms with van der Waals surface area (Å²) in [5.41, 5.74) is 4.79. The number of fused-ring (bicyclic) bond motifs is 1. The lowest BCUT2D eigenvalue weighted by atomic mass is 10.1. The minimum absolute atomic E-state index is 0.645. The van der Waals surface area contributed by atoms with E-state index < -0.39 is 0 Å². The zero-order valence-electron chi connectivity index (χ0n) is 13.0. The van der Waals surface area contributed by atoms with Crippen molar-refractivity contribution >= 4 is 11.0 Å². The van der Waals surface area contributed by atoms with E-state index in [0.29, 0.717) is 5.92 Å². The summed E-state index contributed by atoms with van der Waals surface area (Å²) in [6, 6.07) is 17.1. The molecule has 2 heteroatoms. The van der Waals surface area contributed by atoms with E-state index in [2.05, 4.69) is 73.9 Å². The zero-order chi connectivity index (χ0) is 14.8. The third-order valence-corrected chi connectivity index (χ3v) is 4.16. The van der Waals surface area contributed by atoms with Gasteiger partial charge in [-0.3, -0.25) is 0 Å². The van der Waals surface area contributed by atoms with Crippen LogP contribution in [0, 0.1) is 12.8 Å². The number of imidazole rings is 1. The second-order valence-corrected chi connectivity index (χ2v) is 5.91. The standard InChI is InChI=1S/C19H22N2/c1-4-14(2)13-21-18-8-6-5-7-17(18)20-19(21)16-11-9-15(3)10-12-16/h5-12,14H,4,13H2,1-3H3. The molecule has 0 amide bonds. The minimum Gasteiger partial charge on any atom is -0.324 e. The van der Waals surface area contributed by atoms with Crippen LogP contribution in [0.1, 0.15) is 25.8 Å². The lowest BCUT2D eigenvalue weighted by molar-refractivity contribution is 0.479. The molecule has 0 bridgehead atoms. The van der Waals surface area contributed by atoms with Crippen molar-refractivity contribution in [2.24, 2.45) is 5.92 Å². The molecule has 0 saturated carbocycles. The van der Waals surface area contributed by atoms with Gasteiger partial charge < -0.3 is 4.57 Å². The van der Waals surface area contributed by atoms with Crippen molar-refractivity contribution in [3.05, 3.63) is 54.1 Å². The number of benzene rings is 2. The molecular weight excluding hydrogens is 256 g/mol. The Kier molecular flexibility index (Phi) is 3.78. The van der Waals surface area contributed by atoms with Crippen LogP contribution >= 0.6 is 0 Å². The summed E-state index contributed by atoms with van der Waals surface area (Å²) in [5.74, 6) is 1.73. The summed E-state index contributed by atoms with van der Waals surface area (Å²) >= 11 is 0. The number of nitrogens with zero attached hydrogens (tertiary/aromatic N) is 2. The maximum absolute atomic E-state index is 4.86. The molecule has 1 aromatic heterocycles. The minimum atomic E-state index is 0.645. The van der Waals surface area contributed by atoms with E-state index in [1.165, 1.54) is 23.1 Å². The molecule has 0 radical (unpaired) electrons. The van der Waals surface area contributed by atoms with Gasteiger partial charge in [0.25, 0.3) is 0 Å². The molecule has 3 rings (SSSR count). The first-order valence-corrected chi connectivity index (χ1v) is 7.71. The van der Waals surface area contributed by atoms with E-state index in [0.717, 1.165) is 17.9 Å². The number of aryl methyl sites for hydroxylation is 1. The summed E-state index contributed by atoms with van der Waals surface area (Å²) in [4.78, 5) is 4.86. The SMILES string of the molecule is CCC(C)Cn1c(-c2ccc(C)cc2)nc2ccccc21. The van der Waals surface area contributed by atoms with Crippen molar-refractivity contribution in [2.45, 2.75) is 33.7 Å². The normalized spacial score (nSPS) is 12.7. The lowest BCUT2D eigenvalue weighted by Gasteiger charge is -2.14. The lowest BCUT2D eigenvalue weighted by Crippen LogP contribution is -2.08. The number of hydrogen-bond acceptors (Lipinski definition) is 1. The van der Waals surface area contributed by atoms with Crippen LogP contribution in [0.5, 0.6) is 0 Å². The molecule has 0 saturated heterocycles. The first kappa shape index (κ1) is 13.9. The fourth-order valence-corrected chi connectivity index (χ4v) is 2.62. The molecule has 0 aliphatic rings. The van der Waals surface area contributed by atoms with Gasteiger partial charge in [-0.05, 0) is 25.0 Å². The topological polar surface area (TPSA) is 17.8 Å². The van der Waals surface area contributed by atoms with Crippen LogP contribution in [0.3, 0.4) is 0 Å². The molecule has 0 spiro atoms. The first-order chi connectivity index (χ1) is 10.2. The predicted octanol–water partition coefficient (Wildman–Crippen LogP) is 5.06. The third-order valence-electron chi connectivity index (χ3n) is 4.16. The van der Waals surface area contributed by atoms with E-state index in [9.17, 15) is 0 Å². The number of aromatic nitrogens is 2. The summed E-state index contributed by atoms with van der Waals surface area (Å²) in [5, 5.41) is 0. The van der Waals surface area contributed by atoms with Gasteiger partial charge in [-0.25, -0.2) is 4.98 Å². The van der Waals surface area contributed by atoms with Crippen LogP contribution in [0.15, 0.2) is 48.5 Å². The largest absolute Gasteiger partial charge is 0.324 e. The first-order valence-electron chi connectivity index (χ1n) is 7.71. The Labute approximate surface area is 126 Å². The Hall–Kier alpha value is -2.09. The Bertz CT molecular complexity index is 738. The van der Waals surface area contributed by atoms with Gasteiger partial charge in [-0.1, -0.05) is 62.2 Å². The van der Waals surface area contributed by atoms with Crippen molar-refractivity contribution in [2.75, 3.05) is 0 Å². The molecule has 21 heavy (non-hydrogen) atoms. The summed E-state index contributed by atoms with van der Waals surface area (Å²) in [6.45, 7) is 7.68. The van der Waals surface area contributed by atoms with Crippen molar-refractivity contribution in [3.63, 3.8) is 0 Å². The smallest absolute Gasteiger partial charge is 0.141 e. The second kappa shape index (κ2) is 5.72. The van der Waals surface area contributed by atoms with E-state index in [1.54, 1.807) is 0 Å². The van der Waals surface area contributed by atoms with Gasteiger partial charge in [0, 0.05) is 12.1 Å². The van der Waals surface area contributed by atoms with Crippen LogP contribution in [-0.4, -0.2) is 9.55 Å². The highest BCUT2D eigenvalue weighted by atomic mass is 15.1. The van der Waals surface area contributed by atoms with Crippen molar-refractivity contribution < 1.29 is 0 Å². The molecule has 0 N–H and O–H groups in total. The average Bonchev–Trinajstić information content (AvgIpc) is 2.87. The number of para-hydroxylation sites is 2. The summed E-state index contributed by atoms with van der Waals surface area (Å²) in [6.07, 6.45) is 1.18. The Morgan fingerprint density at radius 3 is 2.48 bits per heavy atom. The molecule has 0 aliphatic carbocycles. The van der Waals surface area contributed by atoms with Gasteiger partial charge in [0.05, 0.1) is 11.0 Å². The highest BCUT2D eigenvalue weighted by Crippen LogP contribution is 2.26. The second-order valence-electron chi connectivity index (χ2n) is 5.91. The van der Waals surface area contributed by atoms with E-state index in [-0.39, 0.29) is 0 Å². The van der Waals surface area contributed by atoms with Gasteiger partial charge in [0.2, 0.25) is 0 Å². The predicted molar refractivity (Wildman–Crippen MR) is 89.4 cm³/mol. The molecule has 2 nitrogen and oxygen atoms in total. The molecule has 1 atom stereocenters. The van der Waals surface area contributed by atoms with Gasteiger partial charge in [-0.2, -0.15) is 0 Å². The van der Waals surface area contributed by atoms with E-state index in [1.807, 2.05) is 0 Å². The Morgan fingerprint density at radius 2 is 1.76 bits per heavy atom. The van der Waals surface area contributed by atoms with Crippen LogP contribution in [-0.2, 0) is 6.54 Å². The molecule has 3 aromatic rings. The molecule has 1 heterocycles. The monoisotopic (exact) mass is 278 g/mol. The van der Waals surface area contributed by atoms with Crippen LogP contribution in [0.2, 0.25) is 0 Å². The Balaban J connectivity index is 2.16. The van der Waals surface area contributed by atoms with Gasteiger partial charge >= 0.3 is 0 Å². The van der Waals surface area contributed by atoms with E-state index in [4.69, 9.17) is 4.98 Å². The van der Waals surface area contributed by atoms with Crippen molar-refractivity contribution in [1.82, 2.24) is 9.55 Å². The molecule has 1 unspecified atom stereocenters. The van der Waals surface area contributed by atoms with Gasteiger partial charge in [0.15, 0.2) is 0 Å². The number of rotatable bonds is 4. The molecule has 2 aromatic carbocycles. The highest BCUT2D eigenvalue weighted by Gasteiger charge is 2.13. The fourth-order valence-electron chi connectivity index (χ4n) is 2.62. The Morgan fingerprint density at radius 1 is 1.05 bits per heavy atom. The molecule has 0 fully saturated rings. The van der Waals surface area contributed by atoms with E-state index >= 15 is 0 Å². The van der Waals surface area contributed by atoms with Gasteiger partial charge in [0.1, 0.15) is 5.82 Å². The maximum Gasteiger partial charge on any atom is 0.141 e. The summed E-state index contributed by atoms with van der Waals surface area (Å²) < 4.78 is 2.37. The molecule has 108 valence electrons. The van der Waals surface area contributed by atoms with Crippen molar-refractivity contribution in [3.8, 4) is 11.4 Å². The zero-order valence-corrected chi connectivity index (χ0v) is 13.0. The average molecular weight is 278 g/mol. The maximum atomic E-state index is 4.86. The number of hydrogen-bond donors (Lipinski definition) is 0. The molecule has 0 aliphatic heterocycles.